The molecule has 0 bridgehead atoms. The maximum Gasteiger partial charge on any atom is 0.266 e. The average molecular weight is 401 g/mol. The molecule has 10 heteroatoms. The van der Waals surface area contributed by atoms with Crippen molar-refractivity contribution in [2.45, 2.75) is 56.9 Å². The van der Waals surface area contributed by atoms with Crippen molar-refractivity contribution in [1.82, 2.24) is 29.5 Å². The molecule has 1 aliphatic rings. The van der Waals surface area contributed by atoms with E-state index in [1.54, 1.807) is 42.3 Å². The summed E-state index contributed by atoms with van der Waals surface area (Å²) >= 11 is 0. The number of rotatable bonds is 8. The topological polar surface area (TPSA) is 108 Å². The van der Waals surface area contributed by atoms with Gasteiger partial charge in [0, 0.05) is 37.1 Å². The molecule has 1 fully saturated rings. The number of unbranched alkanes of at least 4 members (excludes halogenated alkanes) is 1. The summed E-state index contributed by atoms with van der Waals surface area (Å²) in [5.41, 5.74) is 1.31. The molecule has 0 radical (unpaired) electrons. The van der Waals surface area contributed by atoms with Crippen LogP contribution in [-0.2, 0) is 16.6 Å². The Morgan fingerprint density at radius 1 is 1.21 bits per heavy atom. The van der Waals surface area contributed by atoms with Crippen molar-refractivity contribution in [3.8, 4) is 5.95 Å². The van der Waals surface area contributed by atoms with E-state index >= 15 is 0 Å². The number of aromatic nitrogens is 6. The molecular formula is C18H23N7O2S. The van der Waals surface area contributed by atoms with Gasteiger partial charge in [-0.1, -0.05) is 13.3 Å². The van der Waals surface area contributed by atoms with E-state index in [4.69, 9.17) is 0 Å². The monoisotopic (exact) mass is 401 g/mol. The molecule has 0 aliphatic heterocycles. The highest BCUT2D eigenvalue weighted by Crippen LogP contribution is 2.40. The van der Waals surface area contributed by atoms with E-state index in [9.17, 15) is 8.42 Å². The Kier molecular flexibility index (Phi) is 4.88. The Hall–Kier alpha value is -2.75. The molecule has 0 aromatic carbocycles. The third-order valence-corrected chi connectivity index (χ3v) is 6.09. The summed E-state index contributed by atoms with van der Waals surface area (Å²) in [5, 5.41) is 8.86. The minimum absolute atomic E-state index is 0.165. The first-order valence-corrected chi connectivity index (χ1v) is 10.9. The third kappa shape index (κ3) is 3.77. The molecule has 1 N–H and O–H groups in total. The van der Waals surface area contributed by atoms with E-state index in [-0.39, 0.29) is 4.90 Å². The molecule has 148 valence electrons. The smallest absolute Gasteiger partial charge is 0.266 e. The highest BCUT2D eigenvalue weighted by molar-refractivity contribution is 7.92. The van der Waals surface area contributed by atoms with Crippen LogP contribution in [0, 0.1) is 6.92 Å². The second-order valence-corrected chi connectivity index (χ2v) is 8.64. The van der Waals surface area contributed by atoms with E-state index in [1.165, 1.54) is 4.68 Å². The molecule has 4 rings (SSSR count). The van der Waals surface area contributed by atoms with Crippen molar-refractivity contribution in [3.05, 3.63) is 42.1 Å². The summed E-state index contributed by atoms with van der Waals surface area (Å²) < 4.78 is 31.9. The van der Waals surface area contributed by atoms with Crippen LogP contribution in [0.1, 0.15) is 49.9 Å². The van der Waals surface area contributed by atoms with Crippen LogP contribution in [0.15, 0.2) is 35.6 Å². The standard InChI is InChI=1S/C18H23N7O2S/c1-3-4-10-24-12-16(13(2)21-24)28(26,27)23-17-11-15(14-6-7-14)22-25(17)18-19-8-5-9-20-18/h5,8-9,11-12,14,23H,3-4,6-7,10H2,1-2H3. The molecule has 1 aliphatic carbocycles. The van der Waals surface area contributed by atoms with Crippen LogP contribution in [0.4, 0.5) is 5.82 Å². The van der Waals surface area contributed by atoms with Crippen LogP contribution in [0.3, 0.4) is 0 Å². The Labute approximate surface area is 163 Å². The van der Waals surface area contributed by atoms with Gasteiger partial charge in [-0.05, 0) is 32.3 Å². The van der Waals surface area contributed by atoms with Gasteiger partial charge in [-0.15, -0.1) is 0 Å². The zero-order chi connectivity index (χ0) is 19.7. The van der Waals surface area contributed by atoms with Gasteiger partial charge < -0.3 is 0 Å². The summed E-state index contributed by atoms with van der Waals surface area (Å²) in [4.78, 5) is 8.56. The normalized spacial score (nSPS) is 14.4. The minimum Gasteiger partial charge on any atom is -0.271 e. The molecule has 3 aromatic rings. The van der Waals surface area contributed by atoms with Gasteiger partial charge in [-0.3, -0.25) is 9.40 Å². The molecule has 9 nitrogen and oxygen atoms in total. The first-order valence-electron chi connectivity index (χ1n) is 9.42. The molecule has 0 spiro atoms. The number of hydrogen-bond donors (Lipinski definition) is 1. The molecule has 0 unspecified atom stereocenters. The van der Waals surface area contributed by atoms with Gasteiger partial charge in [0.2, 0.25) is 0 Å². The molecule has 0 amide bonds. The van der Waals surface area contributed by atoms with Crippen LogP contribution < -0.4 is 4.72 Å². The zero-order valence-electron chi connectivity index (χ0n) is 15.9. The number of sulfonamides is 1. The van der Waals surface area contributed by atoms with Crippen molar-refractivity contribution in [1.29, 1.82) is 0 Å². The Balaban J connectivity index is 1.67. The number of nitrogens with zero attached hydrogens (tertiary/aromatic N) is 6. The van der Waals surface area contributed by atoms with Crippen molar-refractivity contribution in [2.75, 3.05) is 4.72 Å². The Morgan fingerprint density at radius 2 is 1.96 bits per heavy atom. The van der Waals surface area contributed by atoms with E-state index in [0.29, 0.717) is 29.9 Å². The lowest BCUT2D eigenvalue weighted by atomic mass is 10.3. The summed E-state index contributed by atoms with van der Waals surface area (Å²) in [5.74, 6) is 1.02. The lowest BCUT2D eigenvalue weighted by molar-refractivity contribution is 0.567. The summed E-state index contributed by atoms with van der Waals surface area (Å²) in [6.07, 6.45) is 8.84. The Bertz CT molecular complexity index is 1070. The second-order valence-electron chi connectivity index (χ2n) is 6.99. The maximum atomic E-state index is 13.0. The molecule has 1 saturated carbocycles. The predicted octanol–water partition coefficient (Wildman–Crippen LogP) is 2.65. The minimum atomic E-state index is -3.82. The fraction of sp³-hybridized carbons (Fsp3) is 0.444. The van der Waals surface area contributed by atoms with Crippen molar-refractivity contribution in [2.24, 2.45) is 0 Å². The second kappa shape index (κ2) is 7.34. The number of anilines is 1. The number of nitrogens with one attached hydrogen (secondary N) is 1. The number of aryl methyl sites for hydroxylation is 2. The van der Waals surface area contributed by atoms with Crippen LogP contribution in [0.2, 0.25) is 0 Å². The van der Waals surface area contributed by atoms with Gasteiger partial charge in [0.15, 0.2) is 0 Å². The van der Waals surface area contributed by atoms with Crippen molar-refractivity contribution < 1.29 is 8.42 Å². The first kappa shape index (κ1) is 18.6. The zero-order valence-corrected chi connectivity index (χ0v) is 16.7. The van der Waals surface area contributed by atoms with Crippen molar-refractivity contribution in [3.63, 3.8) is 0 Å². The first-order chi connectivity index (χ1) is 13.5. The SMILES string of the molecule is CCCCn1cc(S(=O)(=O)Nc2cc(C3CC3)nn2-c2ncccn2)c(C)n1. The third-order valence-electron chi connectivity index (χ3n) is 4.64. The highest BCUT2D eigenvalue weighted by atomic mass is 32.2. The Morgan fingerprint density at radius 3 is 2.64 bits per heavy atom. The van der Waals surface area contributed by atoms with Crippen molar-refractivity contribution >= 4 is 15.8 Å². The van der Waals surface area contributed by atoms with Crippen LogP contribution in [-0.4, -0.2) is 37.9 Å². The fourth-order valence-electron chi connectivity index (χ4n) is 2.99. The van der Waals surface area contributed by atoms with Crippen LogP contribution >= 0.6 is 0 Å². The van der Waals surface area contributed by atoms with Gasteiger partial charge in [-0.2, -0.15) is 14.9 Å². The van der Waals surface area contributed by atoms with Crippen LogP contribution in [0.5, 0.6) is 0 Å². The summed E-state index contributed by atoms with van der Waals surface area (Å²) in [7, 11) is -3.82. The largest absolute Gasteiger partial charge is 0.271 e. The molecule has 3 aromatic heterocycles. The lowest BCUT2D eigenvalue weighted by Gasteiger charge is -2.08. The van der Waals surface area contributed by atoms with Gasteiger partial charge in [0.05, 0.1) is 11.4 Å². The van der Waals surface area contributed by atoms with Gasteiger partial charge in [0.1, 0.15) is 10.7 Å². The molecule has 3 heterocycles. The lowest BCUT2D eigenvalue weighted by Crippen LogP contribution is -2.17. The fourth-order valence-corrected chi connectivity index (χ4v) is 4.22. The molecule has 0 atom stereocenters. The number of hydrogen-bond acceptors (Lipinski definition) is 6. The van der Waals surface area contributed by atoms with E-state index < -0.39 is 10.0 Å². The summed E-state index contributed by atoms with van der Waals surface area (Å²) in [6.45, 7) is 4.47. The molecule has 28 heavy (non-hydrogen) atoms. The van der Waals surface area contributed by atoms with Gasteiger partial charge in [-0.25, -0.2) is 18.4 Å². The van der Waals surface area contributed by atoms with Crippen LogP contribution in [0.25, 0.3) is 5.95 Å². The molecule has 0 saturated heterocycles. The average Bonchev–Trinajstić information content (AvgIpc) is 3.34. The predicted molar refractivity (Wildman–Crippen MR) is 104 cm³/mol. The van der Waals surface area contributed by atoms with E-state index in [1.807, 2.05) is 0 Å². The van der Waals surface area contributed by atoms with E-state index in [0.717, 1.165) is 31.4 Å². The maximum absolute atomic E-state index is 13.0. The van der Waals surface area contributed by atoms with E-state index in [2.05, 4.69) is 31.8 Å². The van der Waals surface area contributed by atoms with Gasteiger partial charge >= 0.3 is 0 Å². The summed E-state index contributed by atoms with van der Waals surface area (Å²) in [6, 6.07) is 3.47. The molecular weight excluding hydrogens is 378 g/mol. The van der Waals surface area contributed by atoms with Gasteiger partial charge in [0.25, 0.3) is 16.0 Å². The highest BCUT2D eigenvalue weighted by Gasteiger charge is 2.30. The quantitative estimate of drug-likeness (QED) is 0.622.